The molecule has 1 aliphatic rings. The van der Waals surface area contributed by atoms with Crippen LogP contribution in [0.25, 0.3) is 12.2 Å². The van der Waals surface area contributed by atoms with Crippen LogP contribution in [0.4, 0.5) is 10.5 Å². The standard InChI is InChI=1S/C27H19ClN2O5/c1-17-6-13-21(14-7-17)30-26(33)22(25(32)29-27(30)34)16-19-4-2-3-5-23(19)35-24(31)15-10-18-8-11-20(28)12-9-18/h2-16H,1H3,(H,29,32,34)/b15-10+,22-16-. The van der Waals surface area contributed by atoms with E-state index in [9.17, 15) is 19.2 Å². The molecule has 1 heterocycles. The molecule has 0 spiro atoms. The van der Waals surface area contributed by atoms with Crippen LogP contribution in [0.2, 0.25) is 5.02 Å². The molecule has 0 unspecified atom stereocenters. The third-order valence-electron chi connectivity index (χ3n) is 5.11. The first-order valence-electron chi connectivity index (χ1n) is 10.5. The molecule has 0 radical (unpaired) electrons. The summed E-state index contributed by atoms with van der Waals surface area (Å²) in [5, 5.41) is 2.76. The van der Waals surface area contributed by atoms with E-state index in [1.54, 1.807) is 72.8 Å². The summed E-state index contributed by atoms with van der Waals surface area (Å²) in [5.41, 5.74) is 2.07. The van der Waals surface area contributed by atoms with Gasteiger partial charge in [0.1, 0.15) is 11.3 Å². The van der Waals surface area contributed by atoms with E-state index >= 15 is 0 Å². The van der Waals surface area contributed by atoms with Crippen molar-refractivity contribution in [2.45, 2.75) is 6.92 Å². The van der Waals surface area contributed by atoms with Crippen LogP contribution in [0.3, 0.4) is 0 Å². The highest BCUT2D eigenvalue weighted by Crippen LogP contribution is 2.26. The molecule has 0 bridgehead atoms. The van der Waals surface area contributed by atoms with Gasteiger partial charge < -0.3 is 4.74 Å². The molecule has 0 aromatic heterocycles. The molecule has 1 fully saturated rings. The molecule has 7 nitrogen and oxygen atoms in total. The Hall–Kier alpha value is -4.49. The maximum Gasteiger partial charge on any atom is 0.336 e. The molecule has 3 aromatic carbocycles. The molecular formula is C27H19ClN2O5. The number of nitrogens with zero attached hydrogens (tertiary/aromatic N) is 1. The van der Waals surface area contributed by atoms with Crippen LogP contribution in [0, 0.1) is 6.92 Å². The number of carbonyl (C=O) groups excluding carboxylic acids is 4. The van der Waals surface area contributed by atoms with Gasteiger partial charge in [-0.3, -0.25) is 14.9 Å². The Bertz CT molecular complexity index is 1380. The summed E-state index contributed by atoms with van der Waals surface area (Å²) in [6, 6.07) is 19.2. The van der Waals surface area contributed by atoms with Crippen molar-refractivity contribution in [3.8, 4) is 5.75 Å². The molecule has 35 heavy (non-hydrogen) atoms. The maximum absolute atomic E-state index is 13.1. The molecule has 4 rings (SSSR count). The second-order valence-electron chi connectivity index (χ2n) is 7.64. The van der Waals surface area contributed by atoms with E-state index in [4.69, 9.17) is 16.3 Å². The molecular weight excluding hydrogens is 468 g/mol. The molecule has 4 amide bonds. The van der Waals surface area contributed by atoms with Crippen LogP contribution in [-0.4, -0.2) is 23.8 Å². The lowest BCUT2D eigenvalue weighted by Crippen LogP contribution is -2.54. The minimum atomic E-state index is -0.841. The Morgan fingerprint density at radius 3 is 2.34 bits per heavy atom. The third-order valence-corrected chi connectivity index (χ3v) is 5.36. The average Bonchev–Trinajstić information content (AvgIpc) is 2.83. The number of imide groups is 2. The Labute approximate surface area is 206 Å². The molecule has 1 aliphatic heterocycles. The first kappa shape index (κ1) is 23.7. The Morgan fingerprint density at radius 2 is 1.63 bits per heavy atom. The van der Waals surface area contributed by atoms with Crippen molar-refractivity contribution in [2.24, 2.45) is 0 Å². The SMILES string of the molecule is Cc1ccc(N2C(=O)NC(=O)/C(=C/c3ccccc3OC(=O)/C=C/c3ccc(Cl)cc3)C2=O)cc1. The number of hydrogen-bond donors (Lipinski definition) is 1. The number of esters is 1. The third kappa shape index (κ3) is 5.54. The monoisotopic (exact) mass is 486 g/mol. The fraction of sp³-hybridized carbons (Fsp3) is 0.0370. The van der Waals surface area contributed by atoms with Gasteiger partial charge in [0, 0.05) is 16.7 Å². The van der Waals surface area contributed by atoms with Crippen molar-refractivity contribution >= 4 is 53.3 Å². The number of amides is 4. The predicted molar refractivity (Wildman–Crippen MR) is 133 cm³/mol. The summed E-state index contributed by atoms with van der Waals surface area (Å²) in [4.78, 5) is 51.2. The average molecular weight is 487 g/mol. The van der Waals surface area contributed by atoms with Gasteiger partial charge >= 0.3 is 12.0 Å². The van der Waals surface area contributed by atoms with Gasteiger partial charge in [0.25, 0.3) is 11.8 Å². The minimum Gasteiger partial charge on any atom is -0.423 e. The number of carbonyl (C=O) groups is 4. The van der Waals surface area contributed by atoms with Crippen molar-refractivity contribution in [1.82, 2.24) is 5.32 Å². The van der Waals surface area contributed by atoms with Gasteiger partial charge in [-0.25, -0.2) is 14.5 Å². The van der Waals surface area contributed by atoms with Crippen LogP contribution in [0.15, 0.2) is 84.4 Å². The summed E-state index contributed by atoms with van der Waals surface area (Å²) in [6.45, 7) is 1.87. The number of halogens is 1. The summed E-state index contributed by atoms with van der Waals surface area (Å²) in [6.07, 6.45) is 4.11. The van der Waals surface area contributed by atoms with Gasteiger partial charge in [-0.1, -0.05) is 59.6 Å². The van der Waals surface area contributed by atoms with Crippen LogP contribution >= 0.6 is 11.6 Å². The van der Waals surface area contributed by atoms with E-state index in [0.29, 0.717) is 16.3 Å². The fourth-order valence-corrected chi connectivity index (χ4v) is 3.44. The van der Waals surface area contributed by atoms with E-state index in [-0.39, 0.29) is 11.3 Å². The van der Waals surface area contributed by atoms with E-state index in [1.807, 2.05) is 6.92 Å². The van der Waals surface area contributed by atoms with Crippen LogP contribution < -0.4 is 15.0 Å². The highest BCUT2D eigenvalue weighted by molar-refractivity contribution is 6.39. The maximum atomic E-state index is 13.1. The Morgan fingerprint density at radius 1 is 0.943 bits per heavy atom. The van der Waals surface area contributed by atoms with Gasteiger partial charge in [-0.15, -0.1) is 0 Å². The lowest BCUT2D eigenvalue weighted by molar-refractivity contribution is -0.129. The van der Waals surface area contributed by atoms with E-state index in [2.05, 4.69) is 5.32 Å². The molecule has 1 saturated heterocycles. The van der Waals surface area contributed by atoms with Crippen molar-refractivity contribution in [3.05, 3.63) is 106 Å². The minimum absolute atomic E-state index is 0.144. The van der Waals surface area contributed by atoms with Crippen molar-refractivity contribution in [1.29, 1.82) is 0 Å². The second-order valence-corrected chi connectivity index (χ2v) is 8.07. The van der Waals surface area contributed by atoms with Crippen LogP contribution in [0.5, 0.6) is 5.75 Å². The zero-order chi connectivity index (χ0) is 24.9. The summed E-state index contributed by atoms with van der Waals surface area (Å²) >= 11 is 5.86. The smallest absolute Gasteiger partial charge is 0.336 e. The number of para-hydroxylation sites is 1. The van der Waals surface area contributed by atoms with E-state index < -0.39 is 23.8 Å². The number of ether oxygens (including phenoxy) is 1. The normalized spacial score (nSPS) is 15.0. The predicted octanol–water partition coefficient (Wildman–Crippen LogP) is 4.93. The number of nitrogens with one attached hydrogen (secondary N) is 1. The molecule has 8 heteroatoms. The number of urea groups is 1. The van der Waals surface area contributed by atoms with Gasteiger partial charge in [0.2, 0.25) is 0 Å². The molecule has 3 aromatic rings. The second kappa shape index (κ2) is 10.2. The summed E-state index contributed by atoms with van der Waals surface area (Å²) in [7, 11) is 0. The highest BCUT2D eigenvalue weighted by Gasteiger charge is 2.36. The summed E-state index contributed by atoms with van der Waals surface area (Å²) in [5.74, 6) is -2.13. The fourth-order valence-electron chi connectivity index (χ4n) is 3.31. The van der Waals surface area contributed by atoms with E-state index in [1.165, 1.54) is 18.2 Å². The number of anilines is 1. The summed E-state index contributed by atoms with van der Waals surface area (Å²) < 4.78 is 5.43. The zero-order valence-electron chi connectivity index (χ0n) is 18.5. The largest absolute Gasteiger partial charge is 0.423 e. The lowest BCUT2D eigenvalue weighted by Gasteiger charge is -2.26. The number of benzene rings is 3. The number of rotatable bonds is 5. The molecule has 0 atom stereocenters. The highest BCUT2D eigenvalue weighted by atomic mass is 35.5. The van der Waals surface area contributed by atoms with Gasteiger partial charge in [0.15, 0.2) is 0 Å². The van der Waals surface area contributed by atoms with Crippen LogP contribution in [0.1, 0.15) is 16.7 Å². The van der Waals surface area contributed by atoms with E-state index in [0.717, 1.165) is 16.0 Å². The first-order chi connectivity index (χ1) is 16.8. The Balaban J connectivity index is 1.59. The molecule has 1 N–H and O–H groups in total. The van der Waals surface area contributed by atoms with Crippen molar-refractivity contribution < 1.29 is 23.9 Å². The quantitative estimate of drug-likeness (QED) is 0.239. The number of aryl methyl sites for hydroxylation is 1. The zero-order valence-corrected chi connectivity index (χ0v) is 19.3. The van der Waals surface area contributed by atoms with Gasteiger partial charge in [0.05, 0.1) is 5.69 Å². The number of barbiturate groups is 1. The number of hydrogen-bond acceptors (Lipinski definition) is 5. The van der Waals surface area contributed by atoms with Crippen molar-refractivity contribution in [3.63, 3.8) is 0 Å². The molecule has 0 saturated carbocycles. The Kier molecular flexibility index (Phi) is 6.89. The topological polar surface area (TPSA) is 92.8 Å². The lowest BCUT2D eigenvalue weighted by atomic mass is 10.1. The molecule has 0 aliphatic carbocycles. The first-order valence-corrected chi connectivity index (χ1v) is 10.9. The van der Waals surface area contributed by atoms with Gasteiger partial charge in [-0.05, 0) is 55.0 Å². The van der Waals surface area contributed by atoms with Gasteiger partial charge in [-0.2, -0.15) is 0 Å². The van der Waals surface area contributed by atoms with Crippen molar-refractivity contribution in [2.75, 3.05) is 4.90 Å². The van der Waals surface area contributed by atoms with Crippen LogP contribution in [-0.2, 0) is 14.4 Å². The molecule has 174 valence electrons.